The van der Waals surface area contributed by atoms with Crippen LogP contribution in [-0.2, 0) is 30.3 Å². The van der Waals surface area contributed by atoms with Crippen LogP contribution in [0.15, 0.2) is 84.9 Å². The van der Waals surface area contributed by atoms with Gasteiger partial charge in [0.25, 0.3) is 5.91 Å². The van der Waals surface area contributed by atoms with Crippen LogP contribution in [0.1, 0.15) is 36.8 Å². The van der Waals surface area contributed by atoms with Crippen molar-refractivity contribution in [3.05, 3.63) is 96.1 Å². The summed E-state index contributed by atoms with van der Waals surface area (Å²) in [5.41, 5.74) is -0.360. The van der Waals surface area contributed by atoms with E-state index in [-0.39, 0.29) is 5.92 Å². The maximum absolute atomic E-state index is 13.7. The maximum atomic E-state index is 13.7. The highest BCUT2D eigenvalue weighted by molar-refractivity contribution is 6.00. The Morgan fingerprint density at radius 2 is 1.45 bits per heavy atom. The minimum atomic E-state index is -2.28. The van der Waals surface area contributed by atoms with Gasteiger partial charge in [0.05, 0.1) is 6.61 Å². The van der Waals surface area contributed by atoms with Crippen LogP contribution in [0.25, 0.3) is 0 Å². The fourth-order valence-corrected chi connectivity index (χ4v) is 5.26. The summed E-state index contributed by atoms with van der Waals surface area (Å²) < 4.78 is 11.3. The Morgan fingerprint density at radius 3 is 2.00 bits per heavy atom. The van der Waals surface area contributed by atoms with Gasteiger partial charge in [-0.05, 0) is 55.2 Å². The second kappa shape index (κ2) is 13.3. The summed E-state index contributed by atoms with van der Waals surface area (Å²) in [6.45, 7) is 0.384. The summed E-state index contributed by atoms with van der Waals surface area (Å²) in [5, 5.41) is 28.8. The Bertz CT molecular complexity index is 1380. The molecule has 3 unspecified atom stereocenters. The number of carboxylic acid groups (broad SMARTS) is 3. The molecule has 0 aromatic heterocycles. The van der Waals surface area contributed by atoms with E-state index in [4.69, 9.17) is 9.47 Å². The van der Waals surface area contributed by atoms with E-state index in [9.17, 15) is 34.5 Å². The zero-order valence-corrected chi connectivity index (χ0v) is 23.1. The summed E-state index contributed by atoms with van der Waals surface area (Å²) in [7, 11) is 0. The third-order valence-electron chi connectivity index (χ3n) is 7.70. The van der Waals surface area contributed by atoms with Crippen molar-refractivity contribution in [1.29, 1.82) is 0 Å². The number of aryl methyl sites for hydroxylation is 1. The number of amides is 1. The van der Waals surface area contributed by atoms with Gasteiger partial charge in [-0.25, -0.2) is 0 Å². The molecular weight excluding hydrogens is 542 g/mol. The van der Waals surface area contributed by atoms with Crippen molar-refractivity contribution in [2.75, 3.05) is 13.2 Å². The predicted molar refractivity (Wildman–Crippen MR) is 151 cm³/mol. The molecule has 220 valence electrons. The molecule has 0 aliphatic carbocycles. The van der Waals surface area contributed by atoms with Crippen molar-refractivity contribution in [2.24, 2.45) is 5.41 Å². The van der Waals surface area contributed by atoms with E-state index in [1.54, 1.807) is 6.92 Å². The summed E-state index contributed by atoms with van der Waals surface area (Å²) in [6.07, 6.45) is -0.795. The third kappa shape index (κ3) is 6.95. The fraction of sp³-hybridized carbons (Fsp3) is 0.312. The Balaban J connectivity index is 1.61. The first-order valence-corrected chi connectivity index (χ1v) is 13.6. The van der Waals surface area contributed by atoms with Crippen LogP contribution in [0.3, 0.4) is 0 Å². The summed E-state index contributed by atoms with van der Waals surface area (Å²) in [6, 6.07) is 25.7. The topological polar surface area (TPSA) is 151 Å². The molecule has 1 amide bonds. The van der Waals surface area contributed by atoms with Gasteiger partial charge in [-0.2, -0.15) is 0 Å². The number of ether oxygens (including phenoxy) is 2. The molecule has 10 heteroatoms. The molecule has 1 heterocycles. The highest BCUT2D eigenvalue weighted by atomic mass is 16.5. The number of carboxylic acids is 3. The van der Waals surface area contributed by atoms with Crippen molar-refractivity contribution in [1.82, 2.24) is 4.90 Å². The Kier molecular flexibility index (Phi) is 9.59. The molecule has 1 aliphatic heterocycles. The number of nitrogens with zero attached hydrogens (tertiary/aromatic N) is 1. The Hall–Kier alpha value is -4.70. The minimum Gasteiger partial charge on any atom is -0.480 e. The molecule has 10 nitrogen and oxygen atoms in total. The van der Waals surface area contributed by atoms with E-state index < -0.39 is 60.9 Å². The predicted octanol–water partition coefficient (Wildman–Crippen LogP) is 4.44. The average Bonchev–Trinajstić information content (AvgIpc) is 3.45. The fourth-order valence-electron chi connectivity index (χ4n) is 5.26. The van der Waals surface area contributed by atoms with Gasteiger partial charge in [-0.1, -0.05) is 60.7 Å². The molecule has 42 heavy (non-hydrogen) atoms. The molecule has 4 rings (SSSR count). The first-order chi connectivity index (χ1) is 20.1. The van der Waals surface area contributed by atoms with Crippen LogP contribution in [0, 0.1) is 5.41 Å². The quantitative estimate of drug-likeness (QED) is 0.251. The molecule has 3 N–H and O–H groups in total. The number of carbonyl (C=O) groups excluding carboxylic acids is 1. The molecule has 0 radical (unpaired) electrons. The number of hydrogen-bond donors (Lipinski definition) is 3. The molecule has 3 atom stereocenters. The average molecular weight is 576 g/mol. The highest BCUT2D eigenvalue weighted by Gasteiger charge is 2.56. The van der Waals surface area contributed by atoms with Crippen LogP contribution >= 0.6 is 0 Å². The third-order valence-corrected chi connectivity index (χ3v) is 7.70. The maximum Gasteiger partial charge on any atom is 0.323 e. The summed E-state index contributed by atoms with van der Waals surface area (Å²) >= 11 is 0. The van der Waals surface area contributed by atoms with Crippen LogP contribution in [0.4, 0.5) is 0 Å². The summed E-state index contributed by atoms with van der Waals surface area (Å²) in [5.74, 6) is -4.29. The van der Waals surface area contributed by atoms with E-state index in [1.807, 2.05) is 84.9 Å². The van der Waals surface area contributed by atoms with Crippen molar-refractivity contribution in [3.63, 3.8) is 0 Å². The monoisotopic (exact) mass is 575 g/mol. The van der Waals surface area contributed by atoms with Gasteiger partial charge in [0, 0.05) is 18.4 Å². The lowest BCUT2D eigenvalue weighted by Gasteiger charge is -2.35. The first kappa shape index (κ1) is 30.3. The molecule has 0 bridgehead atoms. The van der Waals surface area contributed by atoms with E-state index in [0.717, 1.165) is 16.0 Å². The molecule has 1 fully saturated rings. The van der Waals surface area contributed by atoms with Gasteiger partial charge in [-0.3, -0.25) is 19.2 Å². The number of aliphatic carboxylic acids is 3. The zero-order valence-electron chi connectivity index (χ0n) is 23.1. The van der Waals surface area contributed by atoms with Gasteiger partial charge in [0.2, 0.25) is 0 Å². The van der Waals surface area contributed by atoms with Crippen LogP contribution in [-0.4, -0.2) is 69.3 Å². The second-order valence-corrected chi connectivity index (χ2v) is 10.4. The molecule has 1 aliphatic rings. The van der Waals surface area contributed by atoms with Gasteiger partial charge in [0.15, 0.2) is 5.41 Å². The lowest BCUT2D eigenvalue weighted by molar-refractivity contribution is -0.164. The van der Waals surface area contributed by atoms with Crippen LogP contribution in [0.5, 0.6) is 11.5 Å². The molecule has 1 saturated heterocycles. The number of carbonyl (C=O) groups is 4. The van der Waals surface area contributed by atoms with Gasteiger partial charge in [0.1, 0.15) is 24.1 Å². The molecule has 3 aromatic carbocycles. The van der Waals surface area contributed by atoms with Crippen molar-refractivity contribution in [3.8, 4) is 11.5 Å². The SMILES string of the molecule is CC(C(CCc1ccccc1)c1ccc(Oc2ccccc2)cc1)N(CC(=O)O)C(=O)C1CC(C(=O)O)(C(=O)O)CO1. The molecule has 0 saturated carbocycles. The van der Waals surface area contributed by atoms with E-state index in [0.29, 0.717) is 24.3 Å². The molecule has 0 spiro atoms. The Morgan fingerprint density at radius 1 is 0.881 bits per heavy atom. The van der Waals surface area contributed by atoms with E-state index in [1.165, 1.54) is 0 Å². The second-order valence-electron chi connectivity index (χ2n) is 10.4. The van der Waals surface area contributed by atoms with Gasteiger partial charge in [-0.15, -0.1) is 0 Å². The first-order valence-electron chi connectivity index (χ1n) is 13.6. The van der Waals surface area contributed by atoms with Crippen LogP contribution in [0.2, 0.25) is 0 Å². The van der Waals surface area contributed by atoms with Crippen LogP contribution < -0.4 is 4.74 Å². The zero-order chi connectivity index (χ0) is 30.3. The molecular formula is C32H33NO9. The highest BCUT2D eigenvalue weighted by Crippen LogP contribution is 2.36. The minimum absolute atomic E-state index is 0.329. The smallest absolute Gasteiger partial charge is 0.323 e. The number of para-hydroxylation sites is 1. The van der Waals surface area contributed by atoms with Crippen molar-refractivity contribution >= 4 is 23.8 Å². The lowest BCUT2D eigenvalue weighted by atomic mass is 9.84. The van der Waals surface area contributed by atoms with Gasteiger partial charge < -0.3 is 29.7 Å². The van der Waals surface area contributed by atoms with E-state index >= 15 is 0 Å². The number of rotatable bonds is 13. The largest absolute Gasteiger partial charge is 0.480 e. The van der Waals surface area contributed by atoms with E-state index in [2.05, 4.69) is 0 Å². The normalized spacial score (nSPS) is 17.1. The lowest BCUT2D eigenvalue weighted by Crippen LogP contribution is -2.49. The standard InChI is InChI=1S/C32H33NO9/c1-21(33(19-28(34)35)29(36)27-18-32(20-41-27,30(37)38)31(39)40)26(17-12-22-8-4-2-5-9-22)23-13-15-25(16-14-23)42-24-10-6-3-7-11-24/h2-11,13-16,21,26-27H,12,17-20H2,1H3,(H,34,35)(H,37,38)(H,39,40). The summed E-state index contributed by atoms with van der Waals surface area (Å²) in [4.78, 5) is 50.3. The number of benzene rings is 3. The van der Waals surface area contributed by atoms with Crippen molar-refractivity contribution < 1.29 is 44.0 Å². The Labute approximate surface area is 243 Å². The van der Waals surface area contributed by atoms with Gasteiger partial charge >= 0.3 is 17.9 Å². The van der Waals surface area contributed by atoms with Crippen molar-refractivity contribution in [2.45, 2.75) is 44.2 Å². The molecule has 3 aromatic rings. The number of hydrogen-bond acceptors (Lipinski definition) is 6.